The minimum atomic E-state index is -1.12. The van der Waals surface area contributed by atoms with Gasteiger partial charge in [0.25, 0.3) is 0 Å². The molecule has 6 nitrogen and oxygen atoms in total. The molecule has 0 aliphatic heterocycles. The highest BCUT2D eigenvalue weighted by Gasteiger charge is 2.42. The Morgan fingerprint density at radius 1 is 1.42 bits per heavy atom. The smallest absolute Gasteiger partial charge is 0.329 e. The molecule has 1 fully saturated rings. The molecule has 0 bridgehead atoms. The van der Waals surface area contributed by atoms with Crippen molar-refractivity contribution in [3.8, 4) is 0 Å². The first-order valence-electron chi connectivity index (χ1n) is 6.70. The second-order valence-electron chi connectivity index (χ2n) is 5.52. The number of carbonyl (C=O) groups excluding carboxylic acids is 1. The Morgan fingerprint density at radius 2 is 2.00 bits per heavy atom. The summed E-state index contributed by atoms with van der Waals surface area (Å²) in [6.45, 7) is 4.30. The molecular weight excluding hydrogens is 248 g/mol. The number of methoxy groups -OCH3 is 1. The maximum absolute atomic E-state index is 11.8. The summed E-state index contributed by atoms with van der Waals surface area (Å²) in [5.41, 5.74) is -1.12. The van der Waals surface area contributed by atoms with E-state index in [-0.39, 0.29) is 6.04 Å². The first-order valence-corrected chi connectivity index (χ1v) is 6.70. The third-order valence-corrected chi connectivity index (χ3v) is 3.68. The Morgan fingerprint density at radius 3 is 2.47 bits per heavy atom. The van der Waals surface area contributed by atoms with E-state index in [1.165, 1.54) is 0 Å². The van der Waals surface area contributed by atoms with Crippen LogP contribution in [0.5, 0.6) is 0 Å². The van der Waals surface area contributed by atoms with Crippen molar-refractivity contribution < 1.29 is 19.4 Å². The van der Waals surface area contributed by atoms with Crippen molar-refractivity contribution in [2.24, 2.45) is 5.92 Å². The molecule has 6 heteroatoms. The topological polar surface area (TPSA) is 87.7 Å². The van der Waals surface area contributed by atoms with Crippen LogP contribution in [0.3, 0.4) is 0 Å². The number of nitrogens with one attached hydrogen (secondary N) is 2. The van der Waals surface area contributed by atoms with Crippen LogP contribution >= 0.6 is 0 Å². The molecule has 0 aromatic heterocycles. The van der Waals surface area contributed by atoms with Crippen molar-refractivity contribution in [1.82, 2.24) is 10.6 Å². The molecule has 1 atom stereocenters. The van der Waals surface area contributed by atoms with Crippen molar-refractivity contribution in [1.29, 1.82) is 0 Å². The molecule has 0 heterocycles. The lowest BCUT2D eigenvalue weighted by Crippen LogP contribution is -2.59. The van der Waals surface area contributed by atoms with Gasteiger partial charge in [-0.3, -0.25) is 0 Å². The summed E-state index contributed by atoms with van der Waals surface area (Å²) in [6.07, 6.45) is 2.60. The van der Waals surface area contributed by atoms with Crippen LogP contribution in [-0.2, 0) is 9.53 Å². The quantitative estimate of drug-likeness (QED) is 0.705. The summed E-state index contributed by atoms with van der Waals surface area (Å²) in [5.74, 6) is -0.432. The first-order chi connectivity index (χ1) is 8.89. The summed E-state index contributed by atoms with van der Waals surface area (Å²) >= 11 is 0. The number of rotatable bonds is 5. The Balaban J connectivity index is 2.59. The van der Waals surface area contributed by atoms with Crippen molar-refractivity contribution in [3.63, 3.8) is 0 Å². The van der Waals surface area contributed by atoms with E-state index in [1.807, 2.05) is 0 Å². The first kappa shape index (κ1) is 15.8. The molecule has 1 unspecified atom stereocenters. The van der Waals surface area contributed by atoms with E-state index in [9.17, 15) is 14.7 Å². The zero-order valence-electron chi connectivity index (χ0n) is 11.9. The van der Waals surface area contributed by atoms with Gasteiger partial charge in [0.15, 0.2) is 0 Å². The minimum Gasteiger partial charge on any atom is -0.480 e. The number of urea groups is 1. The van der Waals surface area contributed by atoms with E-state index in [0.717, 1.165) is 12.8 Å². The number of ether oxygens (including phenoxy) is 1. The summed E-state index contributed by atoms with van der Waals surface area (Å²) in [6, 6.07) is -0.597. The number of amides is 2. The normalized spacial score (nSPS) is 28.5. The van der Waals surface area contributed by atoms with Crippen molar-refractivity contribution >= 4 is 12.0 Å². The van der Waals surface area contributed by atoms with E-state index < -0.39 is 17.5 Å². The van der Waals surface area contributed by atoms with Crippen LogP contribution in [0.4, 0.5) is 4.79 Å². The van der Waals surface area contributed by atoms with Crippen molar-refractivity contribution in [2.75, 3.05) is 13.7 Å². The lowest BCUT2D eigenvalue weighted by Gasteiger charge is -2.36. The number of aliphatic carboxylic acids is 1. The summed E-state index contributed by atoms with van der Waals surface area (Å²) in [4.78, 5) is 23.3. The minimum absolute atomic E-state index is 0.154. The molecule has 0 aromatic carbocycles. The largest absolute Gasteiger partial charge is 0.480 e. The molecule has 3 N–H and O–H groups in total. The molecule has 1 aliphatic rings. The van der Waals surface area contributed by atoms with Crippen LogP contribution < -0.4 is 10.6 Å². The monoisotopic (exact) mass is 272 g/mol. The zero-order chi connectivity index (χ0) is 14.5. The van der Waals surface area contributed by atoms with Gasteiger partial charge in [-0.25, -0.2) is 9.59 Å². The molecule has 110 valence electrons. The van der Waals surface area contributed by atoms with Gasteiger partial charge in [0.05, 0.1) is 12.6 Å². The predicted molar refractivity (Wildman–Crippen MR) is 71.0 cm³/mol. The van der Waals surface area contributed by atoms with Crippen molar-refractivity contribution in [3.05, 3.63) is 0 Å². The lowest BCUT2D eigenvalue weighted by molar-refractivity contribution is -0.146. The van der Waals surface area contributed by atoms with Gasteiger partial charge in [-0.2, -0.15) is 0 Å². The average Bonchev–Trinajstić information content (AvgIpc) is 2.32. The van der Waals surface area contributed by atoms with Crippen LogP contribution in [-0.4, -0.2) is 42.4 Å². The molecule has 1 rings (SSSR count). The zero-order valence-corrected chi connectivity index (χ0v) is 11.9. The second kappa shape index (κ2) is 6.75. The van der Waals surface area contributed by atoms with Gasteiger partial charge in [-0.15, -0.1) is 0 Å². The van der Waals surface area contributed by atoms with Crippen LogP contribution in [0.25, 0.3) is 0 Å². The summed E-state index contributed by atoms with van der Waals surface area (Å²) in [7, 11) is 1.55. The fourth-order valence-electron chi connectivity index (χ4n) is 2.42. The molecular formula is C13H24N2O4. The summed E-state index contributed by atoms with van der Waals surface area (Å²) in [5, 5.41) is 14.7. The Bertz CT molecular complexity index is 325. The standard InChI is InChI=1S/C13H24N2O4/c1-9-4-6-13(7-5-9,11(16)17)15-12(18)14-10(2)8-19-3/h9-10H,4-8H2,1-3H3,(H,16,17)(H2,14,15,18). The van der Waals surface area contributed by atoms with Crippen molar-refractivity contribution in [2.45, 2.75) is 51.1 Å². The van der Waals surface area contributed by atoms with Crippen LogP contribution in [0, 0.1) is 5.92 Å². The molecule has 0 saturated heterocycles. The van der Waals surface area contributed by atoms with E-state index >= 15 is 0 Å². The van der Waals surface area contributed by atoms with Crippen LogP contribution in [0.15, 0.2) is 0 Å². The predicted octanol–water partition coefficient (Wildman–Crippen LogP) is 1.35. The average molecular weight is 272 g/mol. The van der Waals surface area contributed by atoms with Gasteiger partial charge in [-0.05, 0) is 38.5 Å². The SMILES string of the molecule is COCC(C)NC(=O)NC1(C(=O)O)CCC(C)CC1. The molecule has 19 heavy (non-hydrogen) atoms. The van der Waals surface area contributed by atoms with E-state index in [0.29, 0.717) is 25.4 Å². The van der Waals surface area contributed by atoms with E-state index in [2.05, 4.69) is 17.6 Å². The van der Waals surface area contributed by atoms with E-state index in [4.69, 9.17) is 4.74 Å². The van der Waals surface area contributed by atoms with Gasteiger partial charge in [0.2, 0.25) is 0 Å². The fourth-order valence-corrected chi connectivity index (χ4v) is 2.42. The van der Waals surface area contributed by atoms with Crippen LogP contribution in [0.1, 0.15) is 39.5 Å². The number of carboxylic acids is 1. The number of hydrogen-bond acceptors (Lipinski definition) is 3. The molecule has 2 amide bonds. The highest BCUT2D eigenvalue weighted by Crippen LogP contribution is 2.32. The van der Waals surface area contributed by atoms with Crippen LogP contribution in [0.2, 0.25) is 0 Å². The van der Waals surface area contributed by atoms with E-state index in [1.54, 1.807) is 14.0 Å². The summed E-state index contributed by atoms with van der Waals surface area (Å²) < 4.78 is 4.92. The Labute approximate surface area is 113 Å². The highest BCUT2D eigenvalue weighted by molar-refractivity contribution is 5.86. The third-order valence-electron chi connectivity index (χ3n) is 3.68. The second-order valence-corrected chi connectivity index (χ2v) is 5.52. The molecule has 0 aromatic rings. The Hall–Kier alpha value is -1.30. The molecule has 1 saturated carbocycles. The Kier molecular flexibility index (Phi) is 5.60. The third kappa shape index (κ3) is 4.38. The molecule has 1 aliphatic carbocycles. The van der Waals surface area contributed by atoms with Gasteiger partial charge in [0.1, 0.15) is 5.54 Å². The number of carboxylic acid groups (broad SMARTS) is 1. The number of hydrogen-bond donors (Lipinski definition) is 3. The number of carbonyl (C=O) groups is 2. The maximum Gasteiger partial charge on any atom is 0.329 e. The molecule has 0 radical (unpaired) electrons. The van der Waals surface area contributed by atoms with Gasteiger partial charge in [-0.1, -0.05) is 6.92 Å². The van der Waals surface area contributed by atoms with Gasteiger partial charge in [0, 0.05) is 7.11 Å². The lowest BCUT2D eigenvalue weighted by atomic mass is 9.77. The maximum atomic E-state index is 11.8. The molecule has 0 spiro atoms. The van der Waals surface area contributed by atoms with Gasteiger partial charge >= 0.3 is 12.0 Å². The highest BCUT2D eigenvalue weighted by atomic mass is 16.5. The fraction of sp³-hybridized carbons (Fsp3) is 0.846. The van der Waals surface area contributed by atoms with Gasteiger partial charge < -0.3 is 20.5 Å².